The lowest BCUT2D eigenvalue weighted by Gasteiger charge is -2.34. The molecule has 6 nitrogen and oxygen atoms in total. The number of nitrogens with two attached hydrogens (primary N) is 1. The zero-order valence-electron chi connectivity index (χ0n) is 15.9. The molecule has 1 aromatic carbocycles. The molecule has 1 amide bonds. The molecule has 0 radical (unpaired) electrons. The van der Waals surface area contributed by atoms with Crippen LogP contribution in [0.3, 0.4) is 0 Å². The Morgan fingerprint density at radius 2 is 1.85 bits per heavy atom. The average molecular weight is 404 g/mol. The predicted octanol–water partition coefficient (Wildman–Crippen LogP) is 2.24. The van der Waals surface area contributed by atoms with Crippen LogP contribution in [0.1, 0.15) is 44.5 Å². The SMILES string of the molecule is CC1CC(C)CN(S(=O)(=O)c2cccc(C(=O)NCC(C)(C)N)c2)C1.Cl. The highest BCUT2D eigenvalue weighted by Crippen LogP contribution is 2.27. The fraction of sp³-hybridized carbons (Fsp3) is 0.611. The summed E-state index contributed by atoms with van der Waals surface area (Å²) in [5.74, 6) is 0.338. The third-order valence-electron chi connectivity index (χ3n) is 4.27. The van der Waals surface area contributed by atoms with E-state index in [2.05, 4.69) is 19.2 Å². The van der Waals surface area contributed by atoms with Crippen LogP contribution in [-0.2, 0) is 10.0 Å². The molecule has 2 atom stereocenters. The molecule has 0 saturated carbocycles. The number of hydrogen-bond acceptors (Lipinski definition) is 4. The molecule has 8 heteroatoms. The zero-order valence-corrected chi connectivity index (χ0v) is 17.5. The molecule has 1 heterocycles. The molecule has 1 aromatic rings. The van der Waals surface area contributed by atoms with E-state index in [0.29, 0.717) is 37.0 Å². The molecule has 0 aromatic heterocycles. The first-order chi connectivity index (χ1) is 11.5. The summed E-state index contributed by atoms with van der Waals surface area (Å²) in [6.07, 6.45) is 1.03. The molecule has 26 heavy (non-hydrogen) atoms. The lowest BCUT2D eigenvalue weighted by molar-refractivity contribution is 0.0946. The minimum Gasteiger partial charge on any atom is -0.350 e. The van der Waals surface area contributed by atoms with Gasteiger partial charge in [0.2, 0.25) is 10.0 Å². The first-order valence-corrected chi connectivity index (χ1v) is 10.1. The maximum absolute atomic E-state index is 12.9. The number of halogens is 1. The summed E-state index contributed by atoms with van der Waals surface area (Å²) < 4.78 is 27.4. The molecule has 0 bridgehead atoms. The summed E-state index contributed by atoms with van der Waals surface area (Å²) in [5, 5.41) is 2.74. The van der Waals surface area contributed by atoms with Crippen LogP contribution in [0, 0.1) is 11.8 Å². The van der Waals surface area contributed by atoms with Gasteiger partial charge in [-0.3, -0.25) is 4.79 Å². The summed E-state index contributed by atoms with van der Waals surface area (Å²) in [6, 6.07) is 6.20. The number of sulfonamides is 1. The molecule has 1 saturated heterocycles. The standard InChI is InChI=1S/C18H29N3O3S.ClH/c1-13-8-14(2)11-21(10-13)25(23,24)16-7-5-6-15(9-16)17(22)20-12-18(3,4)19;/h5-7,9,13-14H,8,10-12,19H2,1-4H3,(H,20,22);1H. The molecule has 1 fully saturated rings. The largest absolute Gasteiger partial charge is 0.350 e. The number of rotatable bonds is 5. The van der Waals surface area contributed by atoms with Crippen molar-refractivity contribution in [1.82, 2.24) is 9.62 Å². The van der Waals surface area contributed by atoms with Gasteiger partial charge >= 0.3 is 0 Å². The normalized spacial score (nSPS) is 21.7. The zero-order chi connectivity index (χ0) is 18.8. The second-order valence-corrected chi connectivity index (χ2v) is 9.91. The highest BCUT2D eigenvalue weighted by Gasteiger charge is 2.32. The monoisotopic (exact) mass is 403 g/mol. The van der Waals surface area contributed by atoms with Gasteiger partial charge in [0.15, 0.2) is 0 Å². The van der Waals surface area contributed by atoms with E-state index in [9.17, 15) is 13.2 Å². The first kappa shape index (κ1) is 22.9. The Morgan fingerprint density at radius 1 is 1.27 bits per heavy atom. The minimum absolute atomic E-state index is 0. The van der Waals surface area contributed by atoms with Crippen molar-refractivity contribution in [3.63, 3.8) is 0 Å². The van der Waals surface area contributed by atoms with Crippen molar-refractivity contribution in [1.29, 1.82) is 0 Å². The minimum atomic E-state index is -3.60. The van der Waals surface area contributed by atoms with Crippen molar-refractivity contribution in [2.45, 2.75) is 44.6 Å². The van der Waals surface area contributed by atoms with E-state index in [-0.39, 0.29) is 23.2 Å². The number of benzene rings is 1. The lowest BCUT2D eigenvalue weighted by Crippen LogP contribution is -2.45. The summed E-state index contributed by atoms with van der Waals surface area (Å²) in [7, 11) is -3.60. The lowest BCUT2D eigenvalue weighted by atomic mass is 9.94. The molecule has 0 spiro atoms. The third-order valence-corrected chi connectivity index (χ3v) is 6.10. The van der Waals surface area contributed by atoms with Gasteiger partial charge in [-0.25, -0.2) is 8.42 Å². The molecule has 2 unspecified atom stereocenters. The summed E-state index contributed by atoms with van der Waals surface area (Å²) in [5.41, 5.74) is 5.66. The maximum atomic E-state index is 12.9. The molecule has 3 N–H and O–H groups in total. The van der Waals surface area contributed by atoms with Crippen LogP contribution in [0.25, 0.3) is 0 Å². The molecule has 148 valence electrons. The molecule has 2 rings (SSSR count). The van der Waals surface area contributed by atoms with Gasteiger partial charge in [0, 0.05) is 30.7 Å². The molecular weight excluding hydrogens is 374 g/mol. The topological polar surface area (TPSA) is 92.5 Å². The van der Waals surface area contributed by atoms with E-state index < -0.39 is 15.6 Å². The fourth-order valence-electron chi connectivity index (χ4n) is 3.16. The van der Waals surface area contributed by atoms with Gasteiger partial charge in [-0.15, -0.1) is 12.4 Å². The molecule has 1 aliphatic rings. The number of carbonyl (C=O) groups excluding carboxylic acids is 1. The van der Waals surface area contributed by atoms with Crippen molar-refractivity contribution >= 4 is 28.3 Å². The number of nitrogens with one attached hydrogen (secondary N) is 1. The number of amides is 1. The quantitative estimate of drug-likeness (QED) is 0.788. The van der Waals surface area contributed by atoms with Gasteiger partial charge < -0.3 is 11.1 Å². The van der Waals surface area contributed by atoms with Gasteiger partial charge in [-0.05, 0) is 50.3 Å². The van der Waals surface area contributed by atoms with E-state index in [1.54, 1.807) is 18.2 Å². The second kappa shape index (κ2) is 8.69. The molecule has 1 aliphatic heterocycles. The van der Waals surface area contributed by atoms with E-state index in [1.807, 2.05) is 13.8 Å². The first-order valence-electron chi connectivity index (χ1n) is 8.66. The Kier molecular flexibility index (Phi) is 7.65. The van der Waals surface area contributed by atoms with Gasteiger partial charge in [0.25, 0.3) is 5.91 Å². The highest BCUT2D eigenvalue weighted by atomic mass is 35.5. The van der Waals surface area contributed by atoms with Crippen molar-refractivity contribution in [3.05, 3.63) is 29.8 Å². The highest BCUT2D eigenvalue weighted by molar-refractivity contribution is 7.89. The number of piperidine rings is 1. The van der Waals surface area contributed by atoms with E-state index >= 15 is 0 Å². The Hall–Kier alpha value is -1.15. The van der Waals surface area contributed by atoms with Crippen LogP contribution < -0.4 is 11.1 Å². The van der Waals surface area contributed by atoms with Crippen LogP contribution >= 0.6 is 12.4 Å². The number of carbonyl (C=O) groups is 1. The molecular formula is C18H30ClN3O3S. The van der Waals surface area contributed by atoms with Crippen LogP contribution in [0.5, 0.6) is 0 Å². The average Bonchev–Trinajstić information content (AvgIpc) is 2.51. The Morgan fingerprint density at radius 3 is 2.38 bits per heavy atom. The summed E-state index contributed by atoms with van der Waals surface area (Å²) >= 11 is 0. The van der Waals surface area contributed by atoms with Crippen molar-refractivity contribution < 1.29 is 13.2 Å². The smallest absolute Gasteiger partial charge is 0.251 e. The van der Waals surface area contributed by atoms with E-state index in [0.717, 1.165) is 6.42 Å². The fourth-order valence-corrected chi connectivity index (χ4v) is 4.89. The third kappa shape index (κ3) is 5.94. The van der Waals surface area contributed by atoms with Crippen molar-refractivity contribution in [3.8, 4) is 0 Å². The van der Waals surface area contributed by atoms with Crippen molar-refractivity contribution in [2.75, 3.05) is 19.6 Å². The Bertz CT molecular complexity index is 721. The Labute approximate surface area is 163 Å². The van der Waals surface area contributed by atoms with Crippen LogP contribution in [0.2, 0.25) is 0 Å². The summed E-state index contributed by atoms with van der Waals surface area (Å²) in [4.78, 5) is 12.4. The predicted molar refractivity (Wildman–Crippen MR) is 106 cm³/mol. The number of hydrogen-bond donors (Lipinski definition) is 2. The van der Waals surface area contributed by atoms with E-state index in [1.165, 1.54) is 10.4 Å². The molecule has 0 aliphatic carbocycles. The van der Waals surface area contributed by atoms with Gasteiger partial charge in [0.05, 0.1) is 4.90 Å². The Balaban J connectivity index is 0.00000338. The van der Waals surface area contributed by atoms with Gasteiger partial charge in [-0.1, -0.05) is 19.9 Å². The van der Waals surface area contributed by atoms with Gasteiger partial charge in [-0.2, -0.15) is 4.31 Å². The van der Waals surface area contributed by atoms with Gasteiger partial charge in [0.1, 0.15) is 0 Å². The number of nitrogens with zero attached hydrogens (tertiary/aromatic N) is 1. The van der Waals surface area contributed by atoms with Crippen molar-refractivity contribution in [2.24, 2.45) is 17.6 Å². The summed E-state index contributed by atoms with van der Waals surface area (Å²) in [6.45, 7) is 9.10. The van der Waals surface area contributed by atoms with Crippen LogP contribution in [0.15, 0.2) is 29.2 Å². The van der Waals surface area contributed by atoms with Crippen LogP contribution in [0.4, 0.5) is 0 Å². The van der Waals surface area contributed by atoms with Crippen LogP contribution in [-0.4, -0.2) is 43.8 Å². The second-order valence-electron chi connectivity index (χ2n) is 7.97. The van der Waals surface area contributed by atoms with E-state index in [4.69, 9.17) is 5.73 Å². The maximum Gasteiger partial charge on any atom is 0.251 e.